The van der Waals surface area contributed by atoms with Crippen molar-refractivity contribution in [3.05, 3.63) is 180 Å². The molecule has 0 aliphatic carbocycles. The minimum absolute atomic E-state index is 0.140. The Bertz CT molecular complexity index is 2430. The Kier molecular flexibility index (Phi) is 9.68. The highest BCUT2D eigenvalue weighted by Crippen LogP contribution is 2.37. The van der Waals surface area contributed by atoms with E-state index in [0.717, 1.165) is 33.0 Å². The number of nitrogens with zero attached hydrogens (tertiary/aromatic N) is 2. The second kappa shape index (κ2) is 15.3. The minimum atomic E-state index is -0.140. The molecule has 0 fully saturated rings. The standard InChI is InChI=1S/C47H36N2O5/c1-51-45-25-33(21-23-43(45)53-29-31-13-5-3-6-14-31)41-27-37(35-17-9-11-19-39(35)48-41)47(50)38-28-42(49-40-20-12-10-18-36(38)40)34-22-24-44(46(26-34)52-2)54-30-32-15-7-4-8-16-32/h3-28H,29-30H2,1-2H3. The maximum Gasteiger partial charge on any atom is 0.194 e. The number of ketones is 1. The smallest absolute Gasteiger partial charge is 0.194 e. The zero-order valence-electron chi connectivity index (χ0n) is 29.9. The Hall–Kier alpha value is -6.99. The van der Waals surface area contributed by atoms with Gasteiger partial charge < -0.3 is 18.9 Å². The van der Waals surface area contributed by atoms with Crippen molar-refractivity contribution in [1.82, 2.24) is 9.97 Å². The summed E-state index contributed by atoms with van der Waals surface area (Å²) in [6.45, 7) is 0.814. The van der Waals surface area contributed by atoms with Crippen molar-refractivity contribution in [3.8, 4) is 45.5 Å². The largest absolute Gasteiger partial charge is 0.493 e. The van der Waals surface area contributed by atoms with E-state index in [2.05, 4.69) is 0 Å². The van der Waals surface area contributed by atoms with Crippen LogP contribution in [0.25, 0.3) is 44.3 Å². The van der Waals surface area contributed by atoms with Gasteiger partial charge in [0.1, 0.15) is 13.2 Å². The van der Waals surface area contributed by atoms with E-state index in [1.54, 1.807) is 14.2 Å². The van der Waals surface area contributed by atoms with E-state index in [4.69, 9.17) is 28.9 Å². The second-order valence-electron chi connectivity index (χ2n) is 12.8. The molecule has 54 heavy (non-hydrogen) atoms. The summed E-state index contributed by atoms with van der Waals surface area (Å²) in [4.78, 5) is 24.9. The Balaban J connectivity index is 1.17. The molecule has 0 amide bonds. The van der Waals surface area contributed by atoms with Crippen LogP contribution in [-0.2, 0) is 13.2 Å². The highest BCUT2D eigenvalue weighted by Gasteiger charge is 2.21. The Morgan fingerprint density at radius 3 is 1.30 bits per heavy atom. The summed E-state index contributed by atoms with van der Waals surface area (Å²) in [5.74, 6) is 2.24. The molecular weight excluding hydrogens is 673 g/mol. The molecule has 0 aliphatic heterocycles. The molecule has 0 radical (unpaired) electrons. The molecule has 8 rings (SSSR count). The van der Waals surface area contributed by atoms with Gasteiger partial charge in [0.25, 0.3) is 0 Å². The minimum Gasteiger partial charge on any atom is -0.493 e. The molecule has 0 atom stereocenters. The van der Waals surface area contributed by atoms with Gasteiger partial charge in [-0.05, 0) is 71.8 Å². The summed E-state index contributed by atoms with van der Waals surface area (Å²) in [6.07, 6.45) is 0. The summed E-state index contributed by atoms with van der Waals surface area (Å²) in [5, 5.41) is 1.51. The van der Waals surface area contributed by atoms with Crippen LogP contribution in [0, 0.1) is 0 Å². The van der Waals surface area contributed by atoms with Gasteiger partial charge >= 0.3 is 0 Å². The molecule has 264 valence electrons. The first kappa shape index (κ1) is 34.1. The first-order valence-corrected chi connectivity index (χ1v) is 17.6. The lowest BCUT2D eigenvalue weighted by atomic mass is 9.94. The van der Waals surface area contributed by atoms with Gasteiger partial charge in [0.15, 0.2) is 28.8 Å². The van der Waals surface area contributed by atoms with Crippen LogP contribution in [0.4, 0.5) is 0 Å². The van der Waals surface area contributed by atoms with E-state index >= 15 is 0 Å². The lowest BCUT2D eigenvalue weighted by Crippen LogP contribution is -2.06. The van der Waals surface area contributed by atoms with Crippen LogP contribution in [0.5, 0.6) is 23.0 Å². The number of aromatic nitrogens is 2. The van der Waals surface area contributed by atoms with E-state index in [0.29, 0.717) is 69.8 Å². The zero-order valence-corrected chi connectivity index (χ0v) is 29.9. The van der Waals surface area contributed by atoms with Gasteiger partial charge in [-0.1, -0.05) is 97.1 Å². The van der Waals surface area contributed by atoms with Crippen LogP contribution < -0.4 is 18.9 Å². The first-order valence-electron chi connectivity index (χ1n) is 17.6. The topological polar surface area (TPSA) is 79.8 Å². The number of ether oxygens (including phenoxy) is 4. The Morgan fingerprint density at radius 1 is 0.463 bits per heavy atom. The Morgan fingerprint density at radius 2 is 0.870 bits per heavy atom. The summed E-state index contributed by atoms with van der Waals surface area (Å²) >= 11 is 0. The summed E-state index contributed by atoms with van der Waals surface area (Å²) in [6, 6.07) is 50.5. The van der Waals surface area contributed by atoms with Crippen molar-refractivity contribution in [2.24, 2.45) is 0 Å². The molecule has 0 saturated carbocycles. The number of benzene rings is 6. The average molecular weight is 709 g/mol. The Labute approximate surface area is 313 Å². The quantitative estimate of drug-likeness (QED) is 0.117. The average Bonchev–Trinajstić information content (AvgIpc) is 3.24. The number of carbonyl (C=O) groups excluding carboxylic acids is 1. The van der Waals surface area contributed by atoms with Crippen molar-refractivity contribution in [2.45, 2.75) is 13.2 Å². The predicted molar refractivity (Wildman–Crippen MR) is 212 cm³/mol. The fourth-order valence-electron chi connectivity index (χ4n) is 6.53. The molecule has 0 bridgehead atoms. The van der Waals surface area contributed by atoms with E-state index in [-0.39, 0.29) is 5.78 Å². The molecule has 0 spiro atoms. The summed E-state index contributed by atoms with van der Waals surface area (Å²) < 4.78 is 23.7. The van der Waals surface area contributed by atoms with E-state index in [1.807, 2.05) is 158 Å². The molecular formula is C47H36N2O5. The number of hydrogen-bond donors (Lipinski definition) is 0. The van der Waals surface area contributed by atoms with Crippen LogP contribution in [-0.4, -0.2) is 30.0 Å². The van der Waals surface area contributed by atoms with Crippen molar-refractivity contribution in [1.29, 1.82) is 0 Å². The molecule has 0 N–H and O–H groups in total. The normalized spacial score (nSPS) is 11.0. The molecule has 2 heterocycles. The van der Waals surface area contributed by atoms with Gasteiger partial charge in [0.05, 0.1) is 36.6 Å². The summed E-state index contributed by atoms with van der Waals surface area (Å²) in [5.41, 5.74) is 7.44. The third-order valence-corrected chi connectivity index (χ3v) is 9.31. The number of pyridine rings is 2. The molecule has 0 saturated heterocycles. The van der Waals surface area contributed by atoms with Gasteiger partial charge in [-0.3, -0.25) is 4.79 Å². The number of fused-ring (bicyclic) bond motifs is 2. The van der Waals surface area contributed by atoms with Crippen molar-refractivity contribution < 1.29 is 23.7 Å². The second-order valence-corrected chi connectivity index (χ2v) is 12.8. The van der Waals surface area contributed by atoms with Crippen LogP contribution >= 0.6 is 0 Å². The number of hydrogen-bond acceptors (Lipinski definition) is 7. The highest BCUT2D eigenvalue weighted by atomic mass is 16.5. The molecule has 0 unspecified atom stereocenters. The maximum absolute atomic E-state index is 14.9. The predicted octanol–water partition coefficient (Wildman–Crippen LogP) is 10.5. The number of para-hydroxylation sites is 2. The monoisotopic (exact) mass is 708 g/mol. The van der Waals surface area contributed by atoms with Gasteiger partial charge in [0.2, 0.25) is 0 Å². The molecule has 8 aromatic rings. The fraction of sp³-hybridized carbons (Fsp3) is 0.0851. The molecule has 7 heteroatoms. The number of methoxy groups -OCH3 is 2. The molecule has 6 aromatic carbocycles. The van der Waals surface area contributed by atoms with E-state index in [9.17, 15) is 4.79 Å². The SMILES string of the molecule is COc1cc(-c2cc(C(=O)c3cc(-c4ccc(OCc5ccccc5)c(OC)c4)nc4ccccc34)c3ccccc3n2)ccc1OCc1ccccc1. The third-order valence-electron chi connectivity index (χ3n) is 9.31. The molecule has 2 aromatic heterocycles. The lowest BCUT2D eigenvalue weighted by Gasteiger charge is -2.15. The van der Waals surface area contributed by atoms with Crippen molar-refractivity contribution >= 4 is 27.6 Å². The van der Waals surface area contributed by atoms with E-state index < -0.39 is 0 Å². The fourth-order valence-corrected chi connectivity index (χ4v) is 6.53. The van der Waals surface area contributed by atoms with Crippen LogP contribution in [0.1, 0.15) is 27.0 Å². The van der Waals surface area contributed by atoms with Crippen LogP contribution in [0.2, 0.25) is 0 Å². The van der Waals surface area contributed by atoms with Gasteiger partial charge in [-0.2, -0.15) is 0 Å². The van der Waals surface area contributed by atoms with Gasteiger partial charge in [-0.25, -0.2) is 9.97 Å². The third kappa shape index (κ3) is 7.07. The molecule has 7 nitrogen and oxygen atoms in total. The zero-order chi connectivity index (χ0) is 36.9. The van der Waals surface area contributed by atoms with Crippen molar-refractivity contribution in [2.75, 3.05) is 14.2 Å². The van der Waals surface area contributed by atoms with Crippen LogP contribution in [0.3, 0.4) is 0 Å². The van der Waals surface area contributed by atoms with Crippen LogP contribution in [0.15, 0.2) is 158 Å². The maximum atomic E-state index is 14.9. The lowest BCUT2D eigenvalue weighted by molar-refractivity contribution is 0.104. The van der Waals surface area contributed by atoms with Crippen molar-refractivity contribution in [3.63, 3.8) is 0 Å². The number of carbonyl (C=O) groups is 1. The van der Waals surface area contributed by atoms with Gasteiger partial charge in [-0.15, -0.1) is 0 Å². The first-order chi connectivity index (χ1) is 26.6. The molecule has 0 aliphatic rings. The van der Waals surface area contributed by atoms with E-state index in [1.165, 1.54) is 0 Å². The number of rotatable bonds is 12. The van der Waals surface area contributed by atoms with Gasteiger partial charge in [0, 0.05) is 33.0 Å². The highest BCUT2D eigenvalue weighted by molar-refractivity contribution is 6.21. The summed E-state index contributed by atoms with van der Waals surface area (Å²) in [7, 11) is 3.23.